The van der Waals surface area contributed by atoms with Gasteiger partial charge in [-0.2, -0.15) is 0 Å². The quantitative estimate of drug-likeness (QED) is 0.118. The first-order valence-electron chi connectivity index (χ1n) is 19.6. The minimum Gasteiger partial charge on any atom is -0.497 e. The molecule has 0 aliphatic carbocycles. The van der Waals surface area contributed by atoms with Gasteiger partial charge in [-0.15, -0.1) is 13.2 Å². The molecule has 4 bridgehead atoms. The van der Waals surface area contributed by atoms with E-state index < -0.39 is 36.4 Å². The molecule has 14 heteroatoms. The average Bonchev–Trinajstić information content (AvgIpc) is 3.27. The van der Waals surface area contributed by atoms with Gasteiger partial charge in [0.15, 0.2) is 12.2 Å². The number of carboxylic acids is 2. The zero-order valence-corrected chi connectivity index (χ0v) is 32.9. The molecule has 6 fully saturated rings. The fraction of sp³-hybridized carbons (Fsp3) is 0.455. The van der Waals surface area contributed by atoms with E-state index in [2.05, 4.69) is 45.1 Å². The van der Waals surface area contributed by atoms with Crippen molar-refractivity contribution in [2.24, 2.45) is 23.7 Å². The summed E-state index contributed by atoms with van der Waals surface area (Å²) in [6, 6.07) is 15.9. The standard InChI is InChI=1S/2C20H24N2O2.C4H6O6/c2*1-3-13-12-22-9-7-14(13)10-19(22)20(23)16-6-8-21-18-5-4-15(24-2)11-17(16)18;5-1(3(7)8)2(6)4(9)10/h2*3-6,8,11,13-14,19-20,23H,1,7,9-10,12H2,2H3;1-2,5-6H,(H,7,8)(H,9,10)/t2*13-,14-,19-,20+;1-,2-/m001/s1. The van der Waals surface area contributed by atoms with Gasteiger partial charge in [0, 0.05) is 48.3 Å². The molecule has 2 aromatic heterocycles. The lowest BCUT2D eigenvalue weighted by atomic mass is 9.73. The van der Waals surface area contributed by atoms with Gasteiger partial charge in [0.2, 0.25) is 0 Å². The third kappa shape index (κ3) is 9.02. The lowest BCUT2D eigenvalue weighted by molar-refractivity contribution is -0.165. The number of aliphatic hydroxyl groups excluding tert-OH is 4. The van der Waals surface area contributed by atoms with E-state index in [1.807, 2.05) is 48.5 Å². The number of rotatable bonds is 11. The normalized spacial score (nSPS) is 27.8. The van der Waals surface area contributed by atoms with Gasteiger partial charge in [0.1, 0.15) is 11.5 Å². The minimum absolute atomic E-state index is 0.178. The second-order valence-electron chi connectivity index (χ2n) is 15.5. The summed E-state index contributed by atoms with van der Waals surface area (Å²) in [7, 11) is 3.32. The highest BCUT2D eigenvalue weighted by molar-refractivity contribution is 5.85. The molecule has 0 spiro atoms. The molecule has 0 radical (unpaired) electrons. The van der Waals surface area contributed by atoms with Gasteiger partial charge in [-0.25, -0.2) is 9.59 Å². The van der Waals surface area contributed by atoms with E-state index in [-0.39, 0.29) is 12.1 Å². The van der Waals surface area contributed by atoms with E-state index in [0.717, 1.165) is 83.5 Å². The number of fused-ring (bicyclic) bond motifs is 8. The van der Waals surface area contributed by atoms with E-state index in [1.165, 1.54) is 12.8 Å². The molecule has 14 nitrogen and oxygen atoms in total. The summed E-state index contributed by atoms with van der Waals surface area (Å²) in [5.74, 6) is 0.476. The van der Waals surface area contributed by atoms with Crippen molar-refractivity contribution in [3.05, 3.63) is 97.4 Å². The number of benzene rings is 2. The summed E-state index contributed by atoms with van der Waals surface area (Å²) in [5, 5.41) is 56.8. The molecule has 6 saturated heterocycles. The molecule has 8 heterocycles. The van der Waals surface area contributed by atoms with Crippen LogP contribution in [-0.2, 0) is 9.59 Å². The van der Waals surface area contributed by atoms with Gasteiger partial charge < -0.3 is 40.1 Å². The molecule has 6 N–H and O–H groups in total. The van der Waals surface area contributed by atoms with Crippen molar-refractivity contribution in [3.8, 4) is 11.5 Å². The molecule has 12 atom stereocenters. The Hall–Kier alpha value is -4.96. The third-order valence-electron chi connectivity index (χ3n) is 12.4. The molecular formula is C44H54N4O10. The number of aromatic nitrogens is 2. The van der Waals surface area contributed by atoms with Crippen LogP contribution in [0.15, 0.2) is 86.2 Å². The highest BCUT2D eigenvalue weighted by atomic mass is 16.5. The van der Waals surface area contributed by atoms with Gasteiger partial charge in [0.05, 0.1) is 37.5 Å². The third-order valence-corrected chi connectivity index (χ3v) is 12.4. The Labute approximate surface area is 337 Å². The molecule has 58 heavy (non-hydrogen) atoms. The Balaban J connectivity index is 0.000000160. The predicted octanol–water partition coefficient (Wildman–Crippen LogP) is 4.22. The second-order valence-corrected chi connectivity index (χ2v) is 15.5. The number of carbonyl (C=O) groups is 2. The molecule has 6 aliphatic rings. The molecule has 0 amide bonds. The van der Waals surface area contributed by atoms with E-state index in [0.29, 0.717) is 23.7 Å². The van der Waals surface area contributed by atoms with Crippen molar-refractivity contribution in [1.82, 2.24) is 19.8 Å². The lowest BCUT2D eigenvalue weighted by Crippen LogP contribution is -2.54. The fourth-order valence-corrected chi connectivity index (χ4v) is 9.16. The Kier molecular flexibility index (Phi) is 13.8. The number of piperidine rings is 6. The van der Waals surface area contributed by atoms with Crippen molar-refractivity contribution >= 4 is 33.7 Å². The van der Waals surface area contributed by atoms with Crippen LogP contribution in [0.25, 0.3) is 21.8 Å². The van der Waals surface area contributed by atoms with Crippen molar-refractivity contribution in [2.75, 3.05) is 40.4 Å². The number of hydrogen-bond acceptors (Lipinski definition) is 12. The van der Waals surface area contributed by atoms with E-state index >= 15 is 0 Å². The molecule has 310 valence electrons. The largest absolute Gasteiger partial charge is 0.497 e. The van der Waals surface area contributed by atoms with Crippen molar-refractivity contribution in [3.63, 3.8) is 0 Å². The van der Waals surface area contributed by atoms with Crippen molar-refractivity contribution < 1.29 is 49.7 Å². The van der Waals surface area contributed by atoms with Crippen LogP contribution in [0.5, 0.6) is 11.5 Å². The van der Waals surface area contributed by atoms with E-state index in [4.69, 9.17) is 29.9 Å². The first-order valence-corrected chi connectivity index (χ1v) is 19.6. The SMILES string of the molecule is C=C[C@H]1CN2CC[C@H]1C[C@H]2[C@H](O)c1ccnc2ccc(OC)cc12.C=C[C@H]1CN2CC[C@H]1C[C@H]2[C@H](O)c1ccnc2ccc(OC)cc12.O=C(O)[C@H](O)[C@@H](O)C(=O)O. The first-order chi connectivity index (χ1) is 27.9. The van der Waals surface area contributed by atoms with Crippen molar-refractivity contribution in [1.29, 1.82) is 0 Å². The Morgan fingerprint density at radius 3 is 1.40 bits per heavy atom. The zero-order valence-electron chi connectivity index (χ0n) is 32.9. The van der Waals surface area contributed by atoms with Crippen LogP contribution in [0.4, 0.5) is 0 Å². The second kappa shape index (κ2) is 18.7. The number of nitrogens with zero attached hydrogens (tertiary/aromatic N) is 4. The molecule has 0 saturated carbocycles. The summed E-state index contributed by atoms with van der Waals surface area (Å²) < 4.78 is 10.7. The number of ether oxygens (including phenoxy) is 2. The summed E-state index contributed by atoms with van der Waals surface area (Å²) >= 11 is 0. The van der Waals surface area contributed by atoms with Gasteiger partial charge in [-0.3, -0.25) is 19.8 Å². The zero-order chi connectivity index (χ0) is 41.7. The number of aliphatic carboxylic acids is 2. The molecule has 10 rings (SSSR count). The van der Waals surface area contributed by atoms with Gasteiger partial charge in [-0.1, -0.05) is 12.2 Å². The Morgan fingerprint density at radius 2 is 1.09 bits per heavy atom. The maximum absolute atomic E-state index is 11.2. The molecule has 6 aliphatic heterocycles. The predicted molar refractivity (Wildman–Crippen MR) is 217 cm³/mol. The molecule has 2 unspecified atom stereocenters. The van der Waals surface area contributed by atoms with Crippen LogP contribution in [0.3, 0.4) is 0 Å². The maximum atomic E-state index is 11.2. The van der Waals surface area contributed by atoms with Crippen LogP contribution in [0, 0.1) is 23.7 Å². The van der Waals surface area contributed by atoms with Crippen LogP contribution < -0.4 is 9.47 Å². The number of aliphatic hydroxyl groups is 4. The van der Waals surface area contributed by atoms with Crippen LogP contribution in [0.2, 0.25) is 0 Å². The summed E-state index contributed by atoms with van der Waals surface area (Å²) in [5.41, 5.74) is 3.69. The molecule has 4 aromatic rings. The molecular weight excluding hydrogens is 745 g/mol. The lowest BCUT2D eigenvalue weighted by Gasteiger charge is -2.50. The minimum atomic E-state index is -2.27. The highest BCUT2D eigenvalue weighted by Crippen LogP contribution is 2.43. The number of methoxy groups -OCH3 is 2. The van der Waals surface area contributed by atoms with E-state index in [9.17, 15) is 19.8 Å². The average molecular weight is 799 g/mol. The van der Waals surface area contributed by atoms with Gasteiger partial charge in [-0.05, 0) is 122 Å². The summed E-state index contributed by atoms with van der Waals surface area (Å²) in [6.45, 7) is 12.1. The van der Waals surface area contributed by atoms with Crippen LogP contribution in [0.1, 0.15) is 49.0 Å². The van der Waals surface area contributed by atoms with Crippen LogP contribution in [-0.4, -0.2) is 127 Å². The maximum Gasteiger partial charge on any atom is 0.335 e. The number of carboxylic acid groups (broad SMARTS) is 2. The smallest absolute Gasteiger partial charge is 0.335 e. The van der Waals surface area contributed by atoms with E-state index in [1.54, 1.807) is 26.6 Å². The topological polar surface area (TPSA) is 206 Å². The van der Waals surface area contributed by atoms with Gasteiger partial charge >= 0.3 is 11.9 Å². The number of pyridine rings is 2. The summed E-state index contributed by atoms with van der Waals surface area (Å²) in [4.78, 5) is 33.3. The highest BCUT2D eigenvalue weighted by Gasteiger charge is 2.43. The summed E-state index contributed by atoms with van der Waals surface area (Å²) in [6.07, 6.45) is 6.71. The Morgan fingerprint density at radius 1 is 0.690 bits per heavy atom. The van der Waals surface area contributed by atoms with Crippen molar-refractivity contribution in [2.45, 2.75) is 62.2 Å². The first kappa shape index (κ1) is 42.6. The Bertz CT molecular complexity index is 1950. The van der Waals surface area contributed by atoms with Crippen LogP contribution >= 0.6 is 0 Å². The fourth-order valence-electron chi connectivity index (χ4n) is 9.16. The molecule has 2 aromatic carbocycles. The van der Waals surface area contributed by atoms with Gasteiger partial charge in [0.25, 0.3) is 0 Å². The monoisotopic (exact) mass is 798 g/mol. The number of hydrogen-bond donors (Lipinski definition) is 6.